The number of hydrogen-bond donors (Lipinski definition) is 1. The molecule has 0 atom stereocenters. The Bertz CT molecular complexity index is 617. The molecule has 0 bridgehead atoms. The van der Waals surface area contributed by atoms with Crippen molar-refractivity contribution in [3.8, 4) is 10.6 Å². The molecular weight excluding hydrogens is 344 g/mol. The smallest absolute Gasteiger partial charge is 0.124 e. The summed E-state index contributed by atoms with van der Waals surface area (Å²) in [5, 5.41) is 4.64. The largest absolute Gasteiger partial charge is 0.310 e. The summed E-state index contributed by atoms with van der Waals surface area (Å²) in [7, 11) is 0. The molecule has 0 radical (unpaired) electrons. The van der Waals surface area contributed by atoms with E-state index in [4.69, 9.17) is 4.98 Å². The fourth-order valence-electron chi connectivity index (χ4n) is 2.22. The van der Waals surface area contributed by atoms with Crippen LogP contribution in [0, 0.1) is 6.92 Å². The first kappa shape index (κ1) is 16.7. The Morgan fingerprint density at radius 2 is 1.95 bits per heavy atom. The molecule has 0 fully saturated rings. The zero-order valence-electron chi connectivity index (χ0n) is 13.3. The normalized spacial score (nSPS) is 11.6. The Kier molecular flexibility index (Phi) is 5.58. The number of nitrogens with one attached hydrogen (secondary N) is 1. The van der Waals surface area contributed by atoms with E-state index in [1.165, 1.54) is 21.7 Å². The second-order valence-electron chi connectivity index (χ2n) is 5.98. The van der Waals surface area contributed by atoms with Crippen LogP contribution in [0.1, 0.15) is 49.7 Å². The van der Waals surface area contributed by atoms with Gasteiger partial charge in [-0.05, 0) is 30.5 Å². The third-order valence-electron chi connectivity index (χ3n) is 3.36. The zero-order valence-corrected chi connectivity index (χ0v) is 15.7. The molecule has 0 amide bonds. The molecular formula is C17H23BrN2S. The van der Waals surface area contributed by atoms with Crippen LogP contribution in [0.4, 0.5) is 0 Å². The molecule has 1 aromatic carbocycles. The number of aromatic nitrogens is 1. The van der Waals surface area contributed by atoms with Gasteiger partial charge in [0.1, 0.15) is 5.01 Å². The van der Waals surface area contributed by atoms with Gasteiger partial charge in [0.15, 0.2) is 0 Å². The maximum atomic E-state index is 4.91. The van der Waals surface area contributed by atoms with Gasteiger partial charge in [-0.3, -0.25) is 0 Å². The predicted molar refractivity (Wildman–Crippen MR) is 96.1 cm³/mol. The van der Waals surface area contributed by atoms with Gasteiger partial charge in [0.05, 0.1) is 5.69 Å². The van der Waals surface area contributed by atoms with Crippen molar-refractivity contribution in [1.82, 2.24) is 10.3 Å². The zero-order chi connectivity index (χ0) is 15.6. The maximum absolute atomic E-state index is 4.91. The van der Waals surface area contributed by atoms with Gasteiger partial charge in [0.2, 0.25) is 0 Å². The summed E-state index contributed by atoms with van der Waals surface area (Å²) in [6, 6.07) is 6.88. The van der Waals surface area contributed by atoms with Crippen LogP contribution in [0.15, 0.2) is 22.7 Å². The van der Waals surface area contributed by atoms with E-state index in [9.17, 15) is 0 Å². The first-order valence-corrected chi connectivity index (χ1v) is 8.99. The molecule has 1 heterocycles. The lowest BCUT2D eigenvalue weighted by Crippen LogP contribution is -2.22. The molecule has 0 aliphatic heterocycles. The Balaban J connectivity index is 2.38. The Morgan fingerprint density at radius 1 is 1.24 bits per heavy atom. The number of halogens is 1. The van der Waals surface area contributed by atoms with Gasteiger partial charge < -0.3 is 5.32 Å². The van der Waals surface area contributed by atoms with E-state index in [0.29, 0.717) is 12.0 Å². The number of benzene rings is 1. The van der Waals surface area contributed by atoms with Gasteiger partial charge in [0.25, 0.3) is 0 Å². The fraction of sp³-hybridized carbons (Fsp3) is 0.471. The van der Waals surface area contributed by atoms with Gasteiger partial charge in [-0.25, -0.2) is 4.98 Å². The molecule has 0 aliphatic rings. The van der Waals surface area contributed by atoms with Gasteiger partial charge in [-0.15, -0.1) is 11.3 Å². The van der Waals surface area contributed by atoms with Crippen LogP contribution in [0.5, 0.6) is 0 Å². The second kappa shape index (κ2) is 7.03. The lowest BCUT2D eigenvalue weighted by molar-refractivity contribution is 0.588. The monoisotopic (exact) mass is 366 g/mol. The molecule has 0 aliphatic carbocycles. The van der Waals surface area contributed by atoms with Crippen molar-refractivity contribution in [2.24, 2.45) is 0 Å². The first-order chi connectivity index (χ1) is 9.88. The molecule has 0 unspecified atom stereocenters. The summed E-state index contributed by atoms with van der Waals surface area (Å²) in [6.07, 6.45) is 0. The Labute approximate surface area is 140 Å². The van der Waals surface area contributed by atoms with Crippen molar-refractivity contribution in [3.63, 3.8) is 0 Å². The molecule has 0 spiro atoms. The van der Waals surface area contributed by atoms with Crippen molar-refractivity contribution in [2.45, 2.75) is 53.1 Å². The quantitative estimate of drug-likeness (QED) is 0.755. The predicted octanol–water partition coefficient (Wildman–Crippen LogP) is 5.50. The van der Waals surface area contributed by atoms with Gasteiger partial charge >= 0.3 is 0 Å². The van der Waals surface area contributed by atoms with Crippen molar-refractivity contribution in [3.05, 3.63) is 38.8 Å². The molecule has 114 valence electrons. The fourth-order valence-corrected chi connectivity index (χ4v) is 3.95. The van der Waals surface area contributed by atoms with Crippen LogP contribution >= 0.6 is 27.3 Å². The van der Waals surface area contributed by atoms with Crippen molar-refractivity contribution in [1.29, 1.82) is 0 Å². The minimum absolute atomic E-state index is 0.453. The van der Waals surface area contributed by atoms with Crippen LogP contribution in [0.25, 0.3) is 10.6 Å². The van der Waals surface area contributed by atoms with Crippen LogP contribution in [-0.2, 0) is 6.54 Å². The summed E-state index contributed by atoms with van der Waals surface area (Å²) in [4.78, 5) is 6.27. The number of hydrogen-bond acceptors (Lipinski definition) is 3. The lowest BCUT2D eigenvalue weighted by Gasteiger charge is -2.09. The van der Waals surface area contributed by atoms with Crippen LogP contribution in [-0.4, -0.2) is 11.0 Å². The molecule has 2 aromatic rings. The summed E-state index contributed by atoms with van der Waals surface area (Å²) < 4.78 is 1.12. The van der Waals surface area contributed by atoms with Gasteiger partial charge in [-0.2, -0.15) is 0 Å². The number of nitrogens with zero attached hydrogens (tertiary/aromatic N) is 1. The highest BCUT2D eigenvalue weighted by molar-refractivity contribution is 9.10. The van der Waals surface area contributed by atoms with Crippen molar-refractivity contribution in [2.75, 3.05) is 0 Å². The third-order valence-corrected chi connectivity index (χ3v) is 4.96. The second-order valence-corrected chi connectivity index (χ2v) is 7.98. The standard InChI is InChI=1S/C17H23BrN2S/c1-10(2)16-15(9-19-11(3)4)21-17(20-16)14-7-6-13(18)8-12(14)5/h6-8,10-11,19H,9H2,1-5H3. The summed E-state index contributed by atoms with van der Waals surface area (Å²) in [6.45, 7) is 11.8. The van der Waals surface area contributed by atoms with Crippen molar-refractivity contribution >= 4 is 27.3 Å². The minimum atomic E-state index is 0.453. The highest BCUT2D eigenvalue weighted by atomic mass is 79.9. The first-order valence-electron chi connectivity index (χ1n) is 7.38. The SMILES string of the molecule is Cc1cc(Br)ccc1-c1nc(C(C)C)c(CNC(C)C)s1. The molecule has 2 nitrogen and oxygen atoms in total. The average molecular weight is 367 g/mol. The molecule has 1 N–H and O–H groups in total. The Morgan fingerprint density at radius 3 is 2.52 bits per heavy atom. The number of rotatable bonds is 5. The number of aryl methyl sites for hydroxylation is 1. The third kappa shape index (κ3) is 4.15. The van der Waals surface area contributed by atoms with E-state index in [2.05, 4.69) is 74.1 Å². The maximum Gasteiger partial charge on any atom is 0.124 e. The van der Waals surface area contributed by atoms with Crippen LogP contribution in [0.3, 0.4) is 0 Å². The molecule has 1 aromatic heterocycles. The van der Waals surface area contributed by atoms with E-state index in [1.54, 1.807) is 0 Å². The van der Waals surface area contributed by atoms with Crippen LogP contribution < -0.4 is 5.32 Å². The summed E-state index contributed by atoms with van der Waals surface area (Å²) in [5.74, 6) is 0.453. The topological polar surface area (TPSA) is 24.9 Å². The Hall–Kier alpha value is -0.710. The van der Waals surface area contributed by atoms with E-state index in [-0.39, 0.29) is 0 Å². The highest BCUT2D eigenvalue weighted by Crippen LogP contribution is 2.34. The van der Waals surface area contributed by atoms with Crippen LogP contribution in [0.2, 0.25) is 0 Å². The van der Waals surface area contributed by atoms with Gasteiger partial charge in [-0.1, -0.05) is 49.7 Å². The molecule has 2 rings (SSSR count). The molecule has 21 heavy (non-hydrogen) atoms. The minimum Gasteiger partial charge on any atom is -0.310 e. The highest BCUT2D eigenvalue weighted by Gasteiger charge is 2.16. The number of thiazole rings is 1. The van der Waals surface area contributed by atoms with E-state index < -0.39 is 0 Å². The van der Waals surface area contributed by atoms with E-state index >= 15 is 0 Å². The molecule has 4 heteroatoms. The molecule has 0 saturated carbocycles. The van der Waals surface area contributed by atoms with Gasteiger partial charge in [0, 0.05) is 27.5 Å². The van der Waals surface area contributed by atoms with Crippen molar-refractivity contribution < 1.29 is 0 Å². The van der Waals surface area contributed by atoms with E-state index in [0.717, 1.165) is 16.0 Å². The summed E-state index contributed by atoms with van der Waals surface area (Å²) in [5.41, 5.74) is 3.73. The molecule has 0 saturated heterocycles. The summed E-state index contributed by atoms with van der Waals surface area (Å²) >= 11 is 5.34. The van der Waals surface area contributed by atoms with E-state index in [1.807, 2.05) is 11.3 Å². The lowest BCUT2D eigenvalue weighted by atomic mass is 10.1. The average Bonchev–Trinajstić information content (AvgIpc) is 2.80.